The molecule has 3 rings (SSSR count). The summed E-state index contributed by atoms with van der Waals surface area (Å²) in [5, 5.41) is 14.9. The van der Waals surface area contributed by atoms with E-state index >= 15 is 0 Å². The molecule has 0 saturated heterocycles. The Morgan fingerprint density at radius 3 is 2.68 bits per heavy atom. The standard InChI is InChI=1S/C20H22N4O2S2/c1-4-26-17-10-8-15(9-11-17)21-18(25)14(3)27-20-24-23-19(28-20)22-16-7-5-6-13(2)12-16/h5-12,14H,4H2,1-3H3,(H,21,25)(H,22,23). The maximum absolute atomic E-state index is 12.4. The number of aryl methyl sites for hydroxylation is 1. The first-order chi connectivity index (χ1) is 13.5. The zero-order valence-electron chi connectivity index (χ0n) is 15.9. The first-order valence-electron chi connectivity index (χ1n) is 8.91. The van der Waals surface area contributed by atoms with Gasteiger partial charge in [0.1, 0.15) is 5.75 Å². The van der Waals surface area contributed by atoms with Crippen molar-refractivity contribution in [1.29, 1.82) is 0 Å². The van der Waals surface area contributed by atoms with Gasteiger partial charge >= 0.3 is 0 Å². The van der Waals surface area contributed by atoms with Crippen molar-refractivity contribution >= 4 is 45.5 Å². The fourth-order valence-electron chi connectivity index (χ4n) is 2.40. The molecule has 1 unspecified atom stereocenters. The van der Waals surface area contributed by atoms with Gasteiger partial charge in [-0.25, -0.2) is 0 Å². The molecule has 0 aliphatic rings. The first kappa shape index (κ1) is 20.2. The van der Waals surface area contributed by atoms with Gasteiger partial charge in [-0.2, -0.15) is 0 Å². The Kier molecular flexibility index (Phi) is 6.89. The zero-order valence-corrected chi connectivity index (χ0v) is 17.6. The average molecular weight is 415 g/mol. The quantitative estimate of drug-likeness (QED) is 0.499. The number of rotatable bonds is 8. The number of nitrogens with zero attached hydrogens (tertiary/aromatic N) is 2. The third-order valence-electron chi connectivity index (χ3n) is 3.76. The molecule has 0 saturated carbocycles. The lowest BCUT2D eigenvalue weighted by Crippen LogP contribution is -2.22. The van der Waals surface area contributed by atoms with Gasteiger partial charge in [-0.15, -0.1) is 10.2 Å². The molecule has 0 fully saturated rings. The maximum Gasteiger partial charge on any atom is 0.237 e. The van der Waals surface area contributed by atoms with Crippen LogP contribution in [0, 0.1) is 6.92 Å². The van der Waals surface area contributed by atoms with Crippen LogP contribution >= 0.6 is 23.1 Å². The fraction of sp³-hybridized carbons (Fsp3) is 0.250. The molecule has 0 spiro atoms. The lowest BCUT2D eigenvalue weighted by molar-refractivity contribution is -0.115. The largest absolute Gasteiger partial charge is 0.494 e. The van der Waals surface area contributed by atoms with Crippen LogP contribution in [-0.2, 0) is 4.79 Å². The van der Waals surface area contributed by atoms with Crippen LogP contribution in [0.2, 0.25) is 0 Å². The average Bonchev–Trinajstić information content (AvgIpc) is 3.10. The highest BCUT2D eigenvalue weighted by Gasteiger charge is 2.17. The highest BCUT2D eigenvalue weighted by atomic mass is 32.2. The van der Waals surface area contributed by atoms with Crippen molar-refractivity contribution in [3.05, 3.63) is 54.1 Å². The van der Waals surface area contributed by atoms with Crippen LogP contribution < -0.4 is 15.4 Å². The van der Waals surface area contributed by atoms with Crippen LogP contribution in [0.15, 0.2) is 52.9 Å². The Balaban J connectivity index is 1.54. The van der Waals surface area contributed by atoms with E-state index in [9.17, 15) is 4.79 Å². The molecular weight excluding hydrogens is 392 g/mol. The molecule has 1 amide bonds. The molecule has 1 heterocycles. The van der Waals surface area contributed by atoms with Gasteiger partial charge in [-0.3, -0.25) is 4.79 Å². The molecule has 6 nitrogen and oxygen atoms in total. The van der Waals surface area contributed by atoms with Gasteiger partial charge in [0.15, 0.2) is 4.34 Å². The second kappa shape index (κ2) is 9.57. The fourth-order valence-corrected chi connectivity index (χ4v) is 4.32. The van der Waals surface area contributed by atoms with Crippen LogP contribution in [0.25, 0.3) is 0 Å². The van der Waals surface area contributed by atoms with E-state index in [0.29, 0.717) is 11.7 Å². The van der Waals surface area contributed by atoms with Gasteiger partial charge in [0, 0.05) is 11.4 Å². The lowest BCUT2D eigenvalue weighted by Gasteiger charge is -2.11. The van der Waals surface area contributed by atoms with E-state index in [1.54, 1.807) is 0 Å². The Morgan fingerprint density at radius 1 is 1.18 bits per heavy atom. The van der Waals surface area contributed by atoms with Crippen molar-refractivity contribution in [1.82, 2.24) is 10.2 Å². The molecule has 2 aromatic carbocycles. The molecular formula is C20H22N4O2S2. The first-order valence-corrected chi connectivity index (χ1v) is 10.6. The summed E-state index contributed by atoms with van der Waals surface area (Å²) in [7, 11) is 0. The van der Waals surface area contributed by atoms with Gasteiger partial charge in [0.25, 0.3) is 0 Å². The van der Waals surface area contributed by atoms with E-state index in [0.717, 1.165) is 21.5 Å². The second-order valence-electron chi connectivity index (χ2n) is 6.07. The predicted octanol–water partition coefficient (Wildman–Crippen LogP) is 5.11. The SMILES string of the molecule is CCOc1ccc(NC(=O)C(C)Sc2nnc(Nc3cccc(C)c3)s2)cc1. The second-order valence-corrected chi connectivity index (χ2v) is 8.64. The number of hydrogen-bond donors (Lipinski definition) is 2. The number of carbonyl (C=O) groups is 1. The minimum Gasteiger partial charge on any atom is -0.494 e. The van der Waals surface area contributed by atoms with Crippen molar-refractivity contribution in [2.75, 3.05) is 17.2 Å². The van der Waals surface area contributed by atoms with E-state index in [2.05, 4.69) is 20.8 Å². The van der Waals surface area contributed by atoms with Crippen LogP contribution in [0.3, 0.4) is 0 Å². The van der Waals surface area contributed by atoms with Crippen LogP contribution in [0.5, 0.6) is 5.75 Å². The molecule has 0 bridgehead atoms. The van der Waals surface area contributed by atoms with Crippen LogP contribution in [0.1, 0.15) is 19.4 Å². The summed E-state index contributed by atoms with van der Waals surface area (Å²) in [5.41, 5.74) is 2.87. The topological polar surface area (TPSA) is 76.1 Å². The molecule has 0 radical (unpaired) electrons. The van der Waals surface area contributed by atoms with Gasteiger partial charge in [-0.1, -0.05) is 35.2 Å². The van der Waals surface area contributed by atoms with E-state index < -0.39 is 0 Å². The summed E-state index contributed by atoms with van der Waals surface area (Å²) >= 11 is 2.81. The molecule has 1 aromatic heterocycles. The minimum absolute atomic E-state index is 0.0856. The molecule has 146 valence electrons. The van der Waals surface area contributed by atoms with Gasteiger partial charge in [0.2, 0.25) is 11.0 Å². The summed E-state index contributed by atoms with van der Waals surface area (Å²) < 4.78 is 6.15. The number of aromatic nitrogens is 2. The van der Waals surface area contributed by atoms with Crippen molar-refractivity contribution in [2.45, 2.75) is 30.4 Å². The number of anilines is 3. The number of thioether (sulfide) groups is 1. The third-order valence-corrected chi connectivity index (χ3v) is 5.78. The van der Waals surface area contributed by atoms with E-state index in [-0.39, 0.29) is 11.2 Å². The van der Waals surface area contributed by atoms with E-state index in [4.69, 9.17) is 4.74 Å². The molecule has 1 atom stereocenters. The number of carbonyl (C=O) groups excluding carboxylic acids is 1. The van der Waals surface area contributed by atoms with Crippen molar-refractivity contribution in [2.24, 2.45) is 0 Å². The van der Waals surface area contributed by atoms with Gasteiger partial charge in [0.05, 0.1) is 11.9 Å². The van der Waals surface area contributed by atoms with Gasteiger partial charge in [-0.05, 0) is 62.7 Å². The summed E-state index contributed by atoms with van der Waals surface area (Å²) in [6, 6.07) is 15.4. The maximum atomic E-state index is 12.4. The molecule has 2 N–H and O–H groups in total. The molecule has 0 aliphatic carbocycles. The predicted molar refractivity (Wildman–Crippen MR) is 116 cm³/mol. The highest BCUT2D eigenvalue weighted by Crippen LogP contribution is 2.31. The highest BCUT2D eigenvalue weighted by molar-refractivity contribution is 8.02. The third kappa shape index (κ3) is 5.71. The normalized spacial score (nSPS) is 11.7. The molecule has 3 aromatic rings. The lowest BCUT2D eigenvalue weighted by atomic mass is 10.2. The number of benzene rings is 2. The Bertz CT molecular complexity index is 928. The Labute approximate surface area is 172 Å². The summed E-state index contributed by atoms with van der Waals surface area (Å²) in [4.78, 5) is 12.4. The Hall–Kier alpha value is -2.58. The zero-order chi connectivity index (χ0) is 19.9. The monoisotopic (exact) mass is 414 g/mol. The van der Waals surface area contributed by atoms with Gasteiger partial charge < -0.3 is 15.4 Å². The number of ether oxygens (including phenoxy) is 1. The summed E-state index contributed by atoms with van der Waals surface area (Å²) in [6.07, 6.45) is 0. The molecule has 28 heavy (non-hydrogen) atoms. The van der Waals surface area contributed by atoms with E-state index in [1.807, 2.05) is 69.3 Å². The summed E-state index contributed by atoms with van der Waals surface area (Å²) in [6.45, 7) is 6.44. The van der Waals surface area contributed by atoms with Crippen LogP contribution in [-0.4, -0.2) is 28.0 Å². The smallest absolute Gasteiger partial charge is 0.237 e. The molecule has 8 heteroatoms. The van der Waals surface area contributed by atoms with Crippen molar-refractivity contribution < 1.29 is 9.53 Å². The summed E-state index contributed by atoms with van der Waals surface area (Å²) in [5.74, 6) is 0.697. The van der Waals surface area contributed by atoms with Crippen LogP contribution in [0.4, 0.5) is 16.5 Å². The molecule has 0 aliphatic heterocycles. The number of nitrogens with one attached hydrogen (secondary N) is 2. The minimum atomic E-state index is -0.300. The van der Waals surface area contributed by atoms with E-state index in [1.165, 1.54) is 28.7 Å². The number of amides is 1. The van der Waals surface area contributed by atoms with Crippen molar-refractivity contribution in [3.63, 3.8) is 0 Å². The van der Waals surface area contributed by atoms with Crippen molar-refractivity contribution in [3.8, 4) is 5.75 Å². The number of hydrogen-bond acceptors (Lipinski definition) is 7. The Morgan fingerprint density at radius 2 is 1.96 bits per heavy atom.